The van der Waals surface area contributed by atoms with Crippen molar-refractivity contribution in [2.24, 2.45) is 5.92 Å². The third-order valence-electron chi connectivity index (χ3n) is 4.09. The summed E-state index contributed by atoms with van der Waals surface area (Å²) in [5.41, 5.74) is 0.745. The Kier molecular flexibility index (Phi) is 4.70. The molecule has 0 saturated carbocycles. The van der Waals surface area contributed by atoms with E-state index >= 15 is 0 Å². The average Bonchev–Trinajstić information content (AvgIpc) is 2.46. The van der Waals surface area contributed by atoms with Crippen molar-refractivity contribution in [1.29, 1.82) is 0 Å². The molecule has 1 fully saturated rings. The van der Waals surface area contributed by atoms with Gasteiger partial charge < -0.3 is 5.11 Å². The minimum absolute atomic E-state index is 0.0193. The fourth-order valence-corrected chi connectivity index (χ4v) is 2.77. The molecule has 0 aromatic heterocycles. The van der Waals surface area contributed by atoms with Crippen molar-refractivity contribution in [2.75, 3.05) is 13.1 Å². The molecule has 0 aliphatic carbocycles. The standard InChI is InChI=1S/C15H20F3NO/c1-11(14(20)12-6-3-2-4-7-12)19-9-5-8-13(10-19)15(16,17)18/h2-4,6-7,11,13-14,20H,5,8-10H2,1H3. The van der Waals surface area contributed by atoms with Crippen molar-refractivity contribution in [3.8, 4) is 0 Å². The first kappa shape index (κ1) is 15.3. The van der Waals surface area contributed by atoms with Gasteiger partial charge in [0, 0.05) is 12.6 Å². The number of benzene rings is 1. The molecule has 1 aromatic carbocycles. The zero-order chi connectivity index (χ0) is 14.8. The average molecular weight is 287 g/mol. The van der Waals surface area contributed by atoms with Gasteiger partial charge in [-0.3, -0.25) is 4.90 Å². The van der Waals surface area contributed by atoms with E-state index in [4.69, 9.17) is 0 Å². The molecule has 0 spiro atoms. The summed E-state index contributed by atoms with van der Waals surface area (Å²) in [6.07, 6.45) is -4.19. The van der Waals surface area contributed by atoms with Crippen molar-refractivity contribution >= 4 is 0 Å². The Morgan fingerprint density at radius 1 is 1.25 bits per heavy atom. The Morgan fingerprint density at radius 2 is 1.90 bits per heavy atom. The second kappa shape index (κ2) is 6.14. The number of alkyl halides is 3. The van der Waals surface area contributed by atoms with E-state index in [1.165, 1.54) is 0 Å². The number of aliphatic hydroxyl groups is 1. The number of likely N-dealkylation sites (tertiary alicyclic amines) is 1. The van der Waals surface area contributed by atoms with Crippen LogP contribution in [0.15, 0.2) is 30.3 Å². The van der Waals surface area contributed by atoms with Crippen LogP contribution >= 0.6 is 0 Å². The van der Waals surface area contributed by atoms with Gasteiger partial charge in [-0.05, 0) is 31.9 Å². The van der Waals surface area contributed by atoms with Gasteiger partial charge in [0.05, 0.1) is 12.0 Å². The lowest BCUT2D eigenvalue weighted by molar-refractivity contribution is -0.190. The molecule has 112 valence electrons. The van der Waals surface area contributed by atoms with Gasteiger partial charge in [0.1, 0.15) is 0 Å². The van der Waals surface area contributed by atoms with E-state index in [-0.39, 0.29) is 19.0 Å². The maximum absolute atomic E-state index is 12.8. The molecule has 3 atom stereocenters. The first-order valence-electron chi connectivity index (χ1n) is 6.93. The highest BCUT2D eigenvalue weighted by Crippen LogP contribution is 2.35. The van der Waals surface area contributed by atoms with E-state index in [2.05, 4.69) is 0 Å². The Hall–Kier alpha value is -1.07. The van der Waals surface area contributed by atoms with Crippen LogP contribution in [-0.4, -0.2) is 35.3 Å². The van der Waals surface area contributed by atoms with Crippen LogP contribution in [0.1, 0.15) is 31.4 Å². The van der Waals surface area contributed by atoms with Gasteiger partial charge in [-0.1, -0.05) is 30.3 Å². The van der Waals surface area contributed by atoms with Crippen LogP contribution in [-0.2, 0) is 0 Å². The van der Waals surface area contributed by atoms with Crippen LogP contribution < -0.4 is 0 Å². The van der Waals surface area contributed by atoms with Crippen LogP contribution in [0.25, 0.3) is 0 Å². The van der Waals surface area contributed by atoms with Crippen LogP contribution in [0.5, 0.6) is 0 Å². The Morgan fingerprint density at radius 3 is 2.50 bits per heavy atom. The summed E-state index contributed by atoms with van der Waals surface area (Å²) >= 11 is 0. The van der Waals surface area contributed by atoms with Gasteiger partial charge in [-0.25, -0.2) is 0 Å². The van der Waals surface area contributed by atoms with Gasteiger partial charge in [0.2, 0.25) is 0 Å². The van der Waals surface area contributed by atoms with Gasteiger partial charge in [0.15, 0.2) is 0 Å². The molecule has 1 saturated heterocycles. The molecule has 2 nitrogen and oxygen atoms in total. The summed E-state index contributed by atoms with van der Waals surface area (Å²) in [4.78, 5) is 1.75. The van der Waals surface area contributed by atoms with Crippen molar-refractivity contribution in [3.05, 3.63) is 35.9 Å². The monoisotopic (exact) mass is 287 g/mol. The molecule has 1 N–H and O–H groups in total. The third kappa shape index (κ3) is 3.52. The number of hydrogen-bond acceptors (Lipinski definition) is 2. The first-order chi connectivity index (χ1) is 9.39. The third-order valence-corrected chi connectivity index (χ3v) is 4.09. The molecular formula is C15H20F3NO. The largest absolute Gasteiger partial charge is 0.393 e. The molecule has 20 heavy (non-hydrogen) atoms. The van der Waals surface area contributed by atoms with Crippen molar-refractivity contribution in [3.63, 3.8) is 0 Å². The lowest BCUT2D eigenvalue weighted by Crippen LogP contribution is -2.47. The molecule has 0 radical (unpaired) electrons. The normalized spacial score (nSPS) is 24.4. The zero-order valence-electron chi connectivity index (χ0n) is 11.5. The van der Waals surface area contributed by atoms with Gasteiger partial charge in [-0.2, -0.15) is 13.2 Å². The molecule has 2 rings (SSSR count). The molecule has 1 aromatic rings. The van der Waals surface area contributed by atoms with E-state index < -0.39 is 18.2 Å². The lowest BCUT2D eigenvalue weighted by atomic mass is 9.94. The van der Waals surface area contributed by atoms with Crippen molar-refractivity contribution < 1.29 is 18.3 Å². The number of aliphatic hydroxyl groups excluding tert-OH is 1. The summed E-state index contributed by atoms with van der Waals surface area (Å²) in [6, 6.07) is 8.77. The highest BCUT2D eigenvalue weighted by Gasteiger charge is 2.43. The quantitative estimate of drug-likeness (QED) is 0.921. The summed E-state index contributed by atoms with van der Waals surface area (Å²) in [5.74, 6) is -1.28. The maximum Gasteiger partial charge on any atom is 0.393 e. The highest BCUT2D eigenvalue weighted by molar-refractivity contribution is 5.18. The van der Waals surface area contributed by atoms with E-state index in [1.807, 2.05) is 18.2 Å². The van der Waals surface area contributed by atoms with Crippen molar-refractivity contribution in [1.82, 2.24) is 4.90 Å². The second-order valence-corrected chi connectivity index (χ2v) is 5.47. The lowest BCUT2D eigenvalue weighted by Gasteiger charge is -2.39. The molecular weight excluding hydrogens is 267 g/mol. The van der Waals surface area contributed by atoms with Crippen molar-refractivity contribution in [2.45, 2.75) is 38.1 Å². The molecule has 1 aliphatic heterocycles. The van der Waals surface area contributed by atoms with Crippen LogP contribution in [0.3, 0.4) is 0 Å². The summed E-state index contributed by atoms with van der Waals surface area (Å²) in [6.45, 7) is 2.38. The fourth-order valence-electron chi connectivity index (χ4n) is 2.77. The molecule has 0 amide bonds. The van der Waals surface area contributed by atoms with Crippen LogP contribution in [0, 0.1) is 5.92 Å². The van der Waals surface area contributed by atoms with E-state index in [0.29, 0.717) is 13.0 Å². The fraction of sp³-hybridized carbons (Fsp3) is 0.600. The Labute approximate surface area is 117 Å². The molecule has 0 bridgehead atoms. The summed E-state index contributed by atoms with van der Waals surface area (Å²) in [7, 11) is 0. The zero-order valence-corrected chi connectivity index (χ0v) is 11.5. The van der Waals surface area contributed by atoms with Gasteiger partial charge in [0.25, 0.3) is 0 Å². The van der Waals surface area contributed by atoms with Gasteiger partial charge in [-0.15, -0.1) is 0 Å². The predicted molar refractivity (Wildman–Crippen MR) is 71.2 cm³/mol. The minimum atomic E-state index is -4.14. The first-order valence-corrected chi connectivity index (χ1v) is 6.93. The summed E-state index contributed by atoms with van der Waals surface area (Å²) < 4.78 is 38.4. The Bertz CT molecular complexity index is 421. The molecule has 5 heteroatoms. The number of halogens is 3. The topological polar surface area (TPSA) is 23.5 Å². The SMILES string of the molecule is CC(C(O)c1ccccc1)N1CCCC(C(F)(F)F)C1. The molecule has 1 aliphatic rings. The van der Waals surface area contributed by atoms with E-state index in [9.17, 15) is 18.3 Å². The smallest absolute Gasteiger partial charge is 0.387 e. The second-order valence-electron chi connectivity index (χ2n) is 5.47. The number of nitrogens with zero attached hydrogens (tertiary/aromatic N) is 1. The molecule has 1 heterocycles. The maximum atomic E-state index is 12.8. The van der Waals surface area contributed by atoms with E-state index in [0.717, 1.165) is 5.56 Å². The summed E-state index contributed by atoms with van der Waals surface area (Å²) in [5, 5.41) is 10.3. The van der Waals surface area contributed by atoms with Gasteiger partial charge >= 0.3 is 6.18 Å². The molecule has 3 unspecified atom stereocenters. The number of rotatable bonds is 3. The van der Waals surface area contributed by atoms with E-state index in [1.54, 1.807) is 24.0 Å². The Balaban J connectivity index is 2.03. The van der Waals surface area contributed by atoms with Crippen LogP contribution in [0.2, 0.25) is 0 Å². The highest BCUT2D eigenvalue weighted by atomic mass is 19.4. The number of piperidine rings is 1. The minimum Gasteiger partial charge on any atom is -0.387 e. The predicted octanol–water partition coefficient (Wildman–Crippen LogP) is 3.38. The number of hydrogen-bond donors (Lipinski definition) is 1. The van der Waals surface area contributed by atoms with Crippen LogP contribution in [0.4, 0.5) is 13.2 Å².